The number of amides is 1. The molecule has 1 aliphatic heterocycles. The topological polar surface area (TPSA) is 111 Å². The van der Waals surface area contributed by atoms with Crippen LogP contribution in [0.2, 0.25) is 0 Å². The summed E-state index contributed by atoms with van der Waals surface area (Å²) in [6.45, 7) is 2.19. The van der Waals surface area contributed by atoms with E-state index < -0.39 is 0 Å². The third-order valence-corrected chi connectivity index (χ3v) is 6.66. The average Bonchev–Trinajstić information content (AvgIpc) is 3.30. The largest absolute Gasteiger partial charge is 0.393 e. The highest BCUT2D eigenvalue weighted by molar-refractivity contribution is 6.08. The molecule has 0 saturated carbocycles. The zero-order chi connectivity index (χ0) is 26.2. The third kappa shape index (κ3) is 6.62. The molecule has 0 aliphatic carbocycles. The number of nitriles is 1. The summed E-state index contributed by atoms with van der Waals surface area (Å²) in [5.41, 5.74) is 4.17. The molecule has 2 aromatic heterocycles. The second-order valence-corrected chi connectivity index (χ2v) is 9.37. The fraction of sp³-hybridized carbons (Fsp3) is 0.379. The summed E-state index contributed by atoms with van der Waals surface area (Å²) in [5.74, 6) is 2.49. The lowest BCUT2D eigenvalue weighted by Crippen LogP contribution is -2.39. The minimum absolute atomic E-state index is 0.0274. The van der Waals surface area contributed by atoms with Gasteiger partial charge < -0.3 is 15.0 Å². The maximum absolute atomic E-state index is 13.3. The van der Waals surface area contributed by atoms with Gasteiger partial charge in [-0.2, -0.15) is 5.26 Å². The normalized spacial score (nSPS) is 14.2. The van der Waals surface area contributed by atoms with Gasteiger partial charge >= 0.3 is 0 Å². The van der Waals surface area contributed by atoms with Gasteiger partial charge in [0.15, 0.2) is 5.78 Å². The number of ketones is 1. The van der Waals surface area contributed by atoms with Crippen LogP contribution >= 0.6 is 0 Å². The van der Waals surface area contributed by atoms with Gasteiger partial charge in [0.1, 0.15) is 0 Å². The molecule has 4 rings (SSSR count). The van der Waals surface area contributed by atoms with Gasteiger partial charge in [0.2, 0.25) is 5.91 Å². The van der Waals surface area contributed by atoms with Crippen molar-refractivity contribution in [3.05, 3.63) is 59.4 Å². The number of benzene rings is 1. The van der Waals surface area contributed by atoms with E-state index in [0.717, 1.165) is 23.2 Å². The Morgan fingerprint density at radius 1 is 1.22 bits per heavy atom. The van der Waals surface area contributed by atoms with Crippen molar-refractivity contribution in [3.8, 4) is 24.1 Å². The Balaban J connectivity index is 1.58. The first kappa shape index (κ1) is 26.1. The molecule has 0 unspecified atom stereocenters. The van der Waals surface area contributed by atoms with Crippen LogP contribution in [-0.2, 0) is 11.2 Å². The quantitative estimate of drug-likeness (QED) is 0.253. The van der Waals surface area contributed by atoms with Gasteiger partial charge in [0.05, 0.1) is 40.9 Å². The van der Waals surface area contributed by atoms with Crippen molar-refractivity contribution in [1.82, 2.24) is 19.8 Å². The molecule has 1 amide bonds. The van der Waals surface area contributed by atoms with Crippen molar-refractivity contribution in [1.29, 1.82) is 5.26 Å². The molecule has 1 saturated heterocycles. The van der Waals surface area contributed by atoms with Crippen LogP contribution in [0.1, 0.15) is 53.6 Å². The molecule has 0 spiro atoms. The highest BCUT2D eigenvalue weighted by Crippen LogP contribution is 2.26. The molecule has 0 atom stereocenters. The number of carbonyl (C=O) groups is 2. The van der Waals surface area contributed by atoms with Gasteiger partial charge in [-0.15, -0.1) is 12.3 Å². The number of carbonyl (C=O) groups excluding carboxylic acids is 2. The zero-order valence-corrected chi connectivity index (χ0v) is 20.8. The van der Waals surface area contributed by atoms with E-state index in [1.807, 2.05) is 29.0 Å². The number of aliphatic hydroxyl groups excluding tert-OH is 1. The third-order valence-electron chi connectivity index (χ3n) is 6.66. The number of piperidine rings is 1. The first-order chi connectivity index (χ1) is 18.0. The van der Waals surface area contributed by atoms with E-state index in [1.165, 1.54) is 0 Å². The molecule has 190 valence electrons. The summed E-state index contributed by atoms with van der Waals surface area (Å²) >= 11 is 0. The van der Waals surface area contributed by atoms with Gasteiger partial charge in [-0.3, -0.25) is 19.5 Å². The minimum atomic E-state index is -0.297. The molecule has 3 aromatic rings. The average molecular weight is 498 g/mol. The first-order valence-corrected chi connectivity index (χ1v) is 12.6. The maximum Gasteiger partial charge on any atom is 0.220 e. The second-order valence-electron chi connectivity index (χ2n) is 9.37. The van der Waals surface area contributed by atoms with Gasteiger partial charge in [0, 0.05) is 50.6 Å². The van der Waals surface area contributed by atoms with E-state index in [1.54, 1.807) is 18.3 Å². The van der Waals surface area contributed by atoms with Crippen molar-refractivity contribution in [2.24, 2.45) is 0 Å². The van der Waals surface area contributed by atoms with Crippen LogP contribution in [0.25, 0.3) is 16.7 Å². The standard InChI is InChI=1S/C29H31N5O3/c1-2-3-4-13-31-28(37)10-7-22-16-26-29(32-18-22)25(27(36)20-33-14-11-24(35)12-15-33)19-34(26)23-8-5-21(17-30)6-9-23/h1,5-6,8-9,16,18-19,24,35H,3-4,7,10-15,20H2,(H,31,37). The van der Waals surface area contributed by atoms with Crippen LogP contribution in [0.5, 0.6) is 0 Å². The fourth-order valence-electron chi connectivity index (χ4n) is 4.53. The van der Waals surface area contributed by atoms with E-state index in [-0.39, 0.29) is 24.3 Å². The van der Waals surface area contributed by atoms with Gasteiger partial charge in [-0.25, -0.2) is 0 Å². The number of aryl methyl sites for hydroxylation is 1. The van der Waals surface area contributed by atoms with Gasteiger partial charge in [-0.1, -0.05) is 0 Å². The van der Waals surface area contributed by atoms with E-state index in [4.69, 9.17) is 11.7 Å². The summed E-state index contributed by atoms with van der Waals surface area (Å²) in [6.07, 6.45) is 12.0. The Morgan fingerprint density at radius 3 is 2.68 bits per heavy atom. The predicted octanol–water partition coefficient (Wildman–Crippen LogP) is 3.00. The Morgan fingerprint density at radius 2 is 1.97 bits per heavy atom. The van der Waals surface area contributed by atoms with Gasteiger partial charge in [-0.05, 0) is 61.6 Å². The molecule has 2 N–H and O–H groups in total. The molecule has 1 aromatic carbocycles. The van der Waals surface area contributed by atoms with Crippen molar-refractivity contribution in [3.63, 3.8) is 0 Å². The number of aliphatic hydroxyl groups is 1. The summed E-state index contributed by atoms with van der Waals surface area (Å²) in [5, 5.41) is 21.8. The number of aromatic nitrogens is 2. The smallest absolute Gasteiger partial charge is 0.220 e. The maximum atomic E-state index is 13.3. The first-order valence-electron chi connectivity index (χ1n) is 12.6. The summed E-state index contributed by atoms with van der Waals surface area (Å²) in [6, 6.07) is 11.3. The van der Waals surface area contributed by atoms with E-state index in [2.05, 4.69) is 27.2 Å². The Kier molecular flexibility index (Phi) is 8.68. The van der Waals surface area contributed by atoms with Crippen LogP contribution in [0.4, 0.5) is 0 Å². The SMILES string of the molecule is C#CCCCNC(=O)CCc1cnc2c(C(=O)CN3CCC(O)CC3)cn(-c3ccc(C#N)cc3)c2c1. The van der Waals surface area contributed by atoms with E-state index >= 15 is 0 Å². The highest BCUT2D eigenvalue weighted by Gasteiger charge is 2.23. The van der Waals surface area contributed by atoms with Crippen molar-refractivity contribution >= 4 is 22.7 Å². The number of nitrogens with one attached hydrogen (secondary N) is 1. The number of rotatable bonds is 10. The Labute approximate surface area is 216 Å². The molecular formula is C29H31N5O3. The molecule has 1 fully saturated rings. The highest BCUT2D eigenvalue weighted by atomic mass is 16.3. The molecule has 8 heteroatoms. The number of hydrogen-bond donors (Lipinski definition) is 2. The van der Waals surface area contributed by atoms with Crippen LogP contribution in [-0.4, -0.2) is 63.5 Å². The number of Topliss-reactive ketones (excluding diaryl/α,β-unsaturated/α-hetero) is 1. The summed E-state index contributed by atoms with van der Waals surface area (Å²) in [7, 11) is 0. The predicted molar refractivity (Wildman–Crippen MR) is 141 cm³/mol. The lowest BCUT2D eigenvalue weighted by molar-refractivity contribution is -0.121. The number of unbranched alkanes of at least 4 members (excludes halogenated alkanes) is 1. The molecular weight excluding hydrogens is 466 g/mol. The summed E-state index contributed by atoms with van der Waals surface area (Å²) < 4.78 is 1.92. The number of nitrogens with zero attached hydrogens (tertiary/aromatic N) is 4. The minimum Gasteiger partial charge on any atom is -0.393 e. The Bertz CT molecular complexity index is 1340. The number of pyridine rings is 1. The fourth-order valence-corrected chi connectivity index (χ4v) is 4.53. The number of terminal acetylenes is 1. The molecule has 37 heavy (non-hydrogen) atoms. The molecule has 0 bridgehead atoms. The van der Waals surface area contributed by atoms with Crippen molar-refractivity contribution < 1.29 is 14.7 Å². The number of likely N-dealkylation sites (tertiary alicyclic amines) is 1. The lowest BCUT2D eigenvalue weighted by atomic mass is 10.1. The number of hydrogen-bond acceptors (Lipinski definition) is 6. The van der Waals surface area contributed by atoms with Crippen molar-refractivity contribution in [2.75, 3.05) is 26.2 Å². The van der Waals surface area contributed by atoms with Gasteiger partial charge in [0.25, 0.3) is 0 Å². The molecule has 3 heterocycles. The Hall–Kier alpha value is -3.98. The molecule has 1 aliphatic rings. The number of fused-ring (bicyclic) bond motifs is 1. The zero-order valence-electron chi connectivity index (χ0n) is 20.8. The van der Waals surface area contributed by atoms with Crippen LogP contribution in [0.3, 0.4) is 0 Å². The lowest BCUT2D eigenvalue weighted by Gasteiger charge is -2.28. The summed E-state index contributed by atoms with van der Waals surface area (Å²) in [4.78, 5) is 32.3. The second kappa shape index (κ2) is 12.3. The van der Waals surface area contributed by atoms with Crippen LogP contribution in [0.15, 0.2) is 42.7 Å². The van der Waals surface area contributed by atoms with Crippen LogP contribution in [0, 0.1) is 23.7 Å². The molecule has 8 nitrogen and oxygen atoms in total. The monoisotopic (exact) mass is 497 g/mol. The van der Waals surface area contributed by atoms with E-state index in [9.17, 15) is 14.7 Å². The van der Waals surface area contributed by atoms with E-state index in [0.29, 0.717) is 68.4 Å². The van der Waals surface area contributed by atoms with Crippen LogP contribution < -0.4 is 5.32 Å². The molecule has 0 radical (unpaired) electrons. The van der Waals surface area contributed by atoms with Crippen molar-refractivity contribution in [2.45, 2.75) is 44.6 Å².